The number of hydroxylamine groups is 1. The molecule has 30 heavy (non-hydrogen) atoms. The van der Waals surface area contributed by atoms with Crippen LogP contribution >= 0.6 is 0 Å². The largest absolute Gasteiger partial charge is 0.494 e. The van der Waals surface area contributed by atoms with Gasteiger partial charge in [-0.25, -0.2) is 5.48 Å². The Morgan fingerprint density at radius 1 is 1.07 bits per heavy atom. The summed E-state index contributed by atoms with van der Waals surface area (Å²) in [6.07, 6.45) is 0.0909. The smallest absolute Gasteiger partial charge is 0.307 e. The molecule has 0 fully saturated rings. The third-order valence-corrected chi connectivity index (χ3v) is 4.25. The summed E-state index contributed by atoms with van der Waals surface area (Å²) in [6, 6.07) is 16.8. The van der Waals surface area contributed by atoms with Crippen molar-refractivity contribution in [3.05, 3.63) is 54.1 Å². The SMILES string of the molecule is CC(C)(C)OC(=O)CC(CCOc1ccc(-c2ccc(C#N)cc2)cc1)C(=O)NO. The number of hydrogen-bond donors (Lipinski definition) is 2. The molecule has 0 aliphatic rings. The fourth-order valence-electron chi connectivity index (χ4n) is 2.80. The van der Waals surface area contributed by atoms with Gasteiger partial charge in [0.1, 0.15) is 11.4 Å². The Morgan fingerprint density at radius 2 is 1.63 bits per heavy atom. The van der Waals surface area contributed by atoms with E-state index in [9.17, 15) is 9.59 Å². The Morgan fingerprint density at radius 3 is 2.13 bits per heavy atom. The van der Waals surface area contributed by atoms with Gasteiger partial charge >= 0.3 is 5.97 Å². The number of carbonyl (C=O) groups is 2. The molecule has 0 heterocycles. The Balaban J connectivity index is 1.91. The number of rotatable bonds is 8. The van der Waals surface area contributed by atoms with Gasteiger partial charge in [-0.2, -0.15) is 5.26 Å². The third-order valence-electron chi connectivity index (χ3n) is 4.25. The molecule has 0 saturated heterocycles. The predicted molar refractivity (Wildman–Crippen MR) is 111 cm³/mol. The maximum absolute atomic E-state index is 12.0. The van der Waals surface area contributed by atoms with E-state index in [1.54, 1.807) is 38.4 Å². The summed E-state index contributed by atoms with van der Waals surface area (Å²) in [7, 11) is 0. The Bertz CT molecular complexity index is 893. The zero-order valence-corrected chi connectivity index (χ0v) is 17.3. The lowest BCUT2D eigenvalue weighted by atomic mass is 10.0. The van der Waals surface area contributed by atoms with Crippen molar-refractivity contribution in [3.63, 3.8) is 0 Å². The number of ether oxygens (including phenoxy) is 2. The Hall–Kier alpha value is -3.37. The number of esters is 1. The van der Waals surface area contributed by atoms with Crippen molar-refractivity contribution >= 4 is 11.9 Å². The van der Waals surface area contributed by atoms with Crippen LogP contribution in [0, 0.1) is 17.2 Å². The zero-order chi connectivity index (χ0) is 22.1. The van der Waals surface area contributed by atoms with E-state index in [-0.39, 0.29) is 19.4 Å². The molecule has 1 unspecified atom stereocenters. The quantitative estimate of drug-likeness (QED) is 0.389. The second-order valence-electron chi connectivity index (χ2n) is 7.81. The molecule has 7 heteroatoms. The van der Waals surface area contributed by atoms with Gasteiger partial charge < -0.3 is 9.47 Å². The molecule has 0 radical (unpaired) electrons. The first-order valence-electron chi connectivity index (χ1n) is 9.61. The monoisotopic (exact) mass is 410 g/mol. The molecule has 0 saturated carbocycles. The summed E-state index contributed by atoms with van der Waals surface area (Å²) in [5.41, 5.74) is 3.51. The average Bonchev–Trinajstić information content (AvgIpc) is 2.71. The fourth-order valence-corrected chi connectivity index (χ4v) is 2.80. The number of nitriles is 1. The minimum absolute atomic E-state index is 0.148. The van der Waals surface area contributed by atoms with Crippen molar-refractivity contribution in [2.24, 2.45) is 5.92 Å². The van der Waals surface area contributed by atoms with Gasteiger partial charge in [0, 0.05) is 0 Å². The van der Waals surface area contributed by atoms with Crippen LogP contribution in [0.1, 0.15) is 39.2 Å². The minimum atomic E-state index is -0.761. The number of amides is 1. The normalized spacial score (nSPS) is 11.8. The third kappa shape index (κ3) is 7.22. The molecular weight excluding hydrogens is 384 g/mol. The van der Waals surface area contributed by atoms with Gasteiger partial charge in [-0.05, 0) is 62.6 Å². The second-order valence-corrected chi connectivity index (χ2v) is 7.81. The number of carbonyl (C=O) groups excluding carboxylic acids is 2. The molecule has 1 atom stereocenters. The van der Waals surface area contributed by atoms with E-state index in [1.807, 2.05) is 36.4 Å². The van der Waals surface area contributed by atoms with Crippen LogP contribution in [-0.4, -0.2) is 29.3 Å². The molecule has 158 valence electrons. The Labute approximate surface area is 176 Å². The first kappa shape index (κ1) is 22.9. The maximum Gasteiger partial charge on any atom is 0.307 e. The molecule has 2 N–H and O–H groups in total. The summed E-state index contributed by atoms with van der Waals surface area (Å²) in [5.74, 6) is -1.31. The van der Waals surface area contributed by atoms with Gasteiger partial charge in [0.05, 0.1) is 30.6 Å². The number of nitrogens with one attached hydrogen (secondary N) is 1. The predicted octanol–water partition coefficient (Wildman–Crippen LogP) is 3.85. The standard InChI is InChI=1S/C23H26N2O5/c1-23(2,3)30-21(26)14-19(22(27)25-28)12-13-29-20-10-8-18(9-11-20)17-6-4-16(15-24)5-7-17/h4-11,19,28H,12-14H2,1-3H3,(H,25,27). The zero-order valence-electron chi connectivity index (χ0n) is 17.3. The lowest BCUT2D eigenvalue weighted by molar-refractivity contribution is -0.158. The van der Waals surface area contributed by atoms with Gasteiger partial charge in [0.15, 0.2) is 0 Å². The average molecular weight is 410 g/mol. The van der Waals surface area contributed by atoms with Gasteiger partial charge in [-0.1, -0.05) is 24.3 Å². The summed E-state index contributed by atoms with van der Waals surface area (Å²) < 4.78 is 10.9. The number of nitrogens with zero attached hydrogens (tertiary/aromatic N) is 1. The topological polar surface area (TPSA) is 109 Å². The molecule has 0 aliphatic carbocycles. The lowest BCUT2D eigenvalue weighted by Gasteiger charge is -2.21. The van der Waals surface area contributed by atoms with E-state index in [4.69, 9.17) is 19.9 Å². The highest BCUT2D eigenvalue weighted by molar-refractivity contribution is 5.83. The first-order valence-corrected chi connectivity index (χ1v) is 9.61. The van der Waals surface area contributed by atoms with Crippen molar-refractivity contribution in [1.29, 1.82) is 5.26 Å². The summed E-state index contributed by atoms with van der Waals surface area (Å²) in [6.45, 7) is 5.43. The highest BCUT2D eigenvalue weighted by Crippen LogP contribution is 2.23. The minimum Gasteiger partial charge on any atom is -0.494 e. The summed E-state index contributed by atoms with van der Waals surface area (Å²) >= 11 is 0. The molecule has 0 spiro atoms. The molecule has 7 nitrogen and oxygen atoms in total. The highest BCUT2D eigenvalue weighted by Gasteiger charge is 2.25. The highest BCUT2D eigenvalue weighted by atomic mass is 16.6. The van der Waals surface area contributed by atoms with Gasteiger partial charge in [0.25, 0.3) is 0 Å². The van der Waals surface area contributed by atoms with Gasteiger partial charge in [-0.15, -0.1) is 0 Å². The van der Waals surface area contributed by atoms with E-state index in [1.165, 1.54) is 0 Å². The van der Waals surface area contributed by atoms with E-state index in [0.29, 0.717) is 11.3 Å². The molecule has 0 bridgehead atoms. The van der Waals surface area contributed by atoms with Crippen LogP contribution in [0.15, 0.2) is 48.5 Å². The fraction of sp³-hybridized carbons (Fsp3) is 0.348. The van der Waals surface area contributed by atoms with E-state index in [2.05, 4.69) is 6.07 Å². The van der Waals surface area contributed by atoms with Crippen LogP contribution in [0.25, 0.3) is 11.1 Å². The van der Waals surface area contributed by atoms with Crippen LogP contribution in [0.4, 0.5) is 0 Å². The summed E-state index contributed by atoms with van der Waals surface area (Å²) in [5, 5.41) is 17.8. The van der Waals surface area contributed by atoms with Crippen molar-refractivity contribution < 1.29 is 24.3 Å². The first-order chi connectivity index (χ1) is 14.2. The van der Waals surface area contributed by atoms with E-state index < -0.39 is 23.4 Å². The van der Waals surface area contributed by atoms with Crippen LogP contribution in [0.2, 0.25) is 0 Å². The van der Waals surface area contributed by atoms with Crippen LogP contribution < -0.4 is 10.2 Å². The number of hydrogen-bond acceptors (Lipinski definition) is 6. The van der Waals surface area contributed by atoms with Gasteiger partial charge in [-0.3, -0.25) is 14.8 Å². The second kappa shape index (κ2) is 10.4. The van der Waals surface area contributed by atoms with Crippen molar-refractivity contribution in [1.82, 2.24) is 5.48 Å². The molecule has 1 amide bonds. The molecule has 2 aromatic rings. The van der Waals surface area contributed by atoms with Crippen LogP contribution in [0.5, 0.6) is 5.75 Å². The maximum atomic E-state index is 12.0. The lowest BCUT2D eigenvalue weighted by Crippen LogP contribution is -2.33. The summed E-state index contributed by atoms with van der Waals surface area (Å²) in [4.78, 5) is 23.9. The van der Waals surface area contributed by atoms with Gasteiger partial charge in [0.2, 0.25) is 5.91 Å². The van der Waals surface area contributed by atoms with Crippen molar-refractivity contribution in [3.8, 4) is 22.9 Å². The molecular formula is C23H26N2O5. The molecule has 2 rings (SSSR count). The molecule has 2 aromatic carbocycles. The number of benzene rings is 2. The molecule has 0 aromatic heterocycles. The van der Waals surface area contributed by atoms with Crippen molar-refractivity contribution in [2.75, 3.05) is 6.61 Å². The Kier molecular flexibility index (Phi) is 7.96. The van der Waals surface area contributed by atoms with Crippen molar-refractivity contribution in [2.45, 2.75) is 39.2 Å². The van der Waals surface area contributed by atoms with Crippen LogP contribution in [0.3, 0.4) is 0 Å². The van der Waals surface area contributed by atoms with E-state index >= 15 is 0 Å². The molecule has 0 aliphatic heterocycles. The van der Waals surface area contributed by atoms with Crippen LogP contribution in [-0.2, 0) is 14.3 Å². The van der Waals surface area contributed by atoms with E-state index in [0.717, 1.165) is 11.1 Å².